The summed E-state index contributed by atoms with van der Waals surface area (Å²) in [4.78, 5) is 12.2. The molecule has 1 atom stereocenters. The lowest BCUT2D eigenvalue weighted by atomic mass is 9.95. The van der Waals surface area contributed by atoms with Gasteiger partial charge in [0.1, 0.15) is 6.33 Å². The molecule has 1 amide bonds. The largest absolute Gasteiger partial charge is 0.347 e. The van der Waals surface area contributed by atoms with E-state index in [2.05, 4.69) is 33.0 Å². The molecule has 20 heavy (non-hydrogen) atoms. The SMILES string of the molecule is Cn1cnnc1CNC(=O)[C@@H]1Cc2ccccc2CN1. The van der Waals surface area contributed by atoms with E-state index in [-0.39, 0.29) is 11.9 Å². The van der Waals surface area contributed by atoms with Gasteiger partial charge in [0.2, 0.25) is 5.91 Å². The van der Waals surface area contributed by atoms with Crippen molar-refractivity contribution >= 4 is 5.91 Å². The maximum absolute atomic E-state index is 12.2. The molecule has 2 N–H and O–H groups in total. The zero-order chi connectivity index (χ0) is 13.9. The number of fused-ring (bicyclic) bond motifs is 1. The van der Waals surface area contributed by atoms with Crippen LogP contribution < -0.4 is 10.6 Å². The van der Waals surface area contributed by atoms with E-state index in [1.54, 1.807) is 10.9 Å². The van der Waals surface area contributed by atoms with E-state index >= 15 is 0 Å². The number of aryl methyl sites for hydroxylation is 1. The lowest BCUT2D eigenvalue weighted by Crippen LogP contribution is -2.47. The van der Waals surface area contributed by atoms with Gasteiger partial charge in [0.15, 0.2) is 5.82 Å². The highest BCUT2D eigenvalue weighted by Crippen LogP contribution is 2.16. The first-order valence-corrected chi connectivity index (χ1v) is 6.65. The van der Waals surface area contributed by atoms with Crippen LogP contribution >= 0.6 is 0 Å². The van der Waals surface area contributed by atoms with Crippen molar-refractivity contribution in [2.45, 2.75) is 25.6 Å². The Hall–Kier alpha value is -2.21. The maximum Gasteiger partial charge on any atom is 0.237 e. The van der Waals surface area contributed by atoms with E-state index in [1.807, 2.05) is 19.2 Å². The van der Waals surface area contributed by atoms with E-state index in [0.717, 1.165) is 18.8 Å². The third kappa shape index (κ3) is 2.55. The molecule has 1 aromatic heterocycles. The Morgan fingerprint density at radius 3 is 3.00 bits per heavy atom. The number of benzene rings is 1. The quantitative estimate of drug-likeness (QED) is 0.833. The topological polar surface area (TPSA) is 71.8 Å². The molecule has 1 aliphatic heterocycles. The van der Waals surface area contributed by atoms with Crippen molar-refractivity contribution in [3.05, 3.63) is 47.5 Å². The molecule has 104 valence electrons. The first-order valence-electron chi connectivity index (χ1n) is 6.65. The number of carbonyl (C=O) groups excluding carboxylic acids is 1. The van der Waals surface area contributed by atoms with Crippen molar-refractivity contribution in [2.24, 2.45) is 7.05 Å². The number of hydrogen-bond acceptors (Lipinski definition) is 4. The van der Waals surface area contributed by atoms with Crippen LogP contribution in [-0.4, -0.2) is 26.7 Å². The van der Waals surface area contributed by atoms with Gasteiger partial charge in [-0.2, -0.15) is 0 Å². The Labute approximate surface area is 117 Å². The van der Waals surface area contributed by atoms with Gasteiger partial charge in [0.05, 0.1) is 12.6 Å². The molecule has 0 bridgehead atoms. The van der Waals surface area contributed by atoms with E-state index in [4.69, 9.17) is 0 Å². The first-order chi connectivity index (χ1) is 9.74. The van der Waals surface area contributed by atoms with Crippen molar-refractivity contribution in [1.82, 2.24) is 25.4 Å². The summed E-state index contributed by atoms with van der Waals surface area (Å²) in [5, 5.41) is 13.9. The molecular formula is C14H17N5O. The molecule has 0 saturated heterocycles. The van der Waals surface area contributed by atoms with Crippen LogP contribution in [-0.2, 0) is 31.4 Å². The highest BCUT2D eigenvalue weighted by atomic mass is 16.2. The molecule has 1 aliphatic rings. The minimum absolute atomic E-state index is 0.00232. The molecule has 3 rings (SSSR count). The van der Waals surface area contributed by atoms with Gasteiger partial charge in [-0.05, 0) is 17.5 Å². The fourth-order valence-corrected chi connectivity index (χ4v) is 2.40. The number of amides is 1. The number of hydrogen-bond donors (Lipinski definition) is 2. The molecule has 6 heteroatoms. The average Bonchev–Trinajstić information content (AvgIpc) is 2.89. The summed E-state index contributed by atoms with van der Waals surface area (Å²) in [6.45, 7) is 1.13. The summed E-state index contributed by atoms with van der Waals surface area (Å²) < 4.78 is 1.80. The van der Waals surface area contributed by atoms with Crippen molar-refractivity contribution in [2.75, 3.05) is 0 Å². The number of nitrogens with one attached hydrogen (secondary N) is 2. The van der Waals surface area contributed by atoms with Crippen molar-refractivity contribution in [3.63, 3.8) is 0 Å². The molecule has 1 aromatic carbocycles. The molecular weight excluding hydrogens is 254 g/mol. The molecule has 0 radical (unpaired) electrons. The number of rotatable bonds is 3. The van der Waals surface area contributed by atoms with Crippen LogP contribution in [0.5, 0.6) is 0 Å². The predicted molar refractivity (Wildman–Crippen MR) is 73.6 cm³/mol. The fraction of sp³-hybridized carbons (Fsp3) is 0.357. The van der Waals surface area contributed by atoms with Crippen molar-refractivity contribution in [3.8, 4) is 0 Å². The minimum Gasteiger partial charge on any atom is -0.347 e. The molecule has 6 nitrogen and oxygen atoms in total. The monoisotopic (exact) mass is 271 g/mol. The summed E-state index contributed by atoms with van der Waals surface area (Å²) in [7, 11) is 1.86. The fourth-order valence-electron chi connectivity index (χ4n) is 2.40. The molecule has 0 saturated carbocycles. The van der Waals surface area contributed by atoms with Crippen LogP contribution in [0.1, 0.15) is 17.0 Å². The van der Waals surface area contributed by atoms with Crippen LogP contribution in [0, 0.1) is 0 Å². The lowest BCUT2D eigenvalue weighted by Gasteiger charge is -2.25. The van der Waals surface area contributed by atoms with Crippen LogP contribution in [0.2, 0.25) is 0 Å². The van der Waals surface area contributed by atoms with Crippen molar-refractivity contribution in [1.29, 1.82) is 0 Å². The summed E-state index contributed by atoms with van der Waals surface area (Å²) in [5.41, 5.74) is 2.51. The van der Waals surface area contributed by atoms with E-state index in [0.29, 0.717) is 6.54 Å². The van der Waals surface area contributed by atoms with Crippen molar-refractivity contribution < 1.29 is 4.79 Å². The highest BCUT2D eigenvalue weighted by molar-refractivity contribution is 5.82. The Morgan fingerprint density at radius 1 is 1.45 bits per heavy atom. The lowest BCUT2D eigenvalue weighted by molar-refractivity contribution is -0.123. The van der Waals surface area contributed by atoms with Gasteiger partial charge in [-0.3, -0.25) is 4.79 Å². The van der Waals surface area contributed by atoms with Crippen LogP contribution in [0.25, 0.3) is 0 Å². The predicted octanol–water partition coefficient (Wildman–Crippen LogP) is 0.146. The van der Waals surface area contributed by atoms with Gasteiger partial charge in [0.25, 0.3) is 0 Å². The minimum atomic E-state index is -0.182. The zero-order valence-corrected chi connectivity index (χ0v) is 11.3. The molecule has 0 fully saturated rings. The van der Waals surface area contributed by atoms with Crippen LogP contribution in [0.3, 0.4) is 0 Å². The van der Waals surface area contributed by atoms with Crippen LogP contribution in [0.4, 0.5) is 0 Å². The highest BCUT2D eigenvalue weighted by Gasteiger charge is 2.23. The Kier molecular flexibility index (Phi) is 3.47. The van der Waals surface area contributed by atoms with Crippen LogP contribution in [0.15, 0.2) is 30.6 Å². The van der Waals surface area contributed by atoms with E-state index < -0.39 is 0 Å². The average molecular weight is 271 g/mol. The standard InChI is InChI=1S/C14H17N5O/c1-19-9-17-18-13(19)8-16-14(20)12-6-10-4-2-3-5-11(10)7-15-12/h2-5,9,12,15H,6-8H2,1H3,(H,16,20)/t12-/m0/s1. The Bertz CT molecular complexity index is 622. The zero-order valence-electron chi connectivity index (χ0n) is 11.3. The summed E-state index contributed by atoms with van der Waals surface area (Å²) in [6, 6.07) is 8.03. The Balaban J connectivity index is 1.60. The second-order valence-electron chi connectivity index (χ2n) is 4.98. The van der Waals surface area contributed by atoms with Gasteiger partial charge < -0.3 is 15.2 Å². The molecule has 0 spiro atoms. The second kappa shape index (κ2) is 5.42. The number of carbonyl (C=O) groups is 1. The van der Waals surface area contributed by atoms with Gasteiger partial charge in [-0.25, -0.2) is 0 Å². The molecule has 2 aromatic rings. The summed E-state index contributed by atoms with van der Waals surface area (Å²) in [6.07, 6.45) is 2.34. The van der Waals surface area contributed by atoms with Gasteiger partial charge in [-0.1, -0.05) is 24.3 Å². The number of nitrogens with zero attached hydrogens (tertiary/aromatic N) is 3. The maximum atomic E-state index is 12.2. The summed E-state index contributed by atoms with van der Waals surface area (Å²) >= 11 is 0. The Morgan fingerprint density at radius 2 is 2.25 bits per heavy atom. The number of aromatic nitrogens is 3. The van der Waals surface area contributed by atoms with Gasteiger partial charge >= 0.3 is 0 Å². The third-order valence-corrected chi connectivity index (χ3v) is 3.62. The van der Waals surface area contributed by atoms with E-state index in [9.17, 15) is 4.79 Å². The van der Waals surface area contributed by atoms with E-state index in [1.165, 1.54) is 11.1 Å². The molecule has 0 aliphatic carbocycles. The summed E-state index contributed by atoms with van der Waals surface area (Å²) in [5.74, 6) is 0.747. The molecule has 2 heterocycles. The smallest absolute Gasteiger partial charge is 0.237 e. The second-order valence-corrected chi connectivity index (χ2v) is 4.98. The van der Waals surface area contributed by atoms with Gasteiger partial charge in [-0.15, -0.1) is 10.2 Å². The first kappa shape index (κ1) is 12.8. The molecule has 0 unspecified atom stereocenters. The van der Waals surface area contributed by atoms with Gasteiger partial charge in [0, 0.05) is 13.6 Å². The normalized spacial score (nSPS) is 17.6. The third-order valence-electron chi connectivity index (χ3n) is 3.62.